The fourth-order valence-corrected chi connectivity index (χ4v) is 2.81. The van der Waals surface area contributed by atoms with Crippen molar-refractivity contribution in [3.8, 4) is 0 Å². The number of nitrogens with one attached hydrogen (secondary N) is 1. The van der Waals surface area contributed by atoms with Crippen molar-refractivity contribution >= 4 is 11.7 Å². The number of carbonyl (C=O) groups excluding carboxylic acids is 1. The summed E-state index contributed by atoms with van der Waals surface area (Å²) in [5, 5.41) is 23.9. The molecule has 21 heavy (non-hydrogen) atoms. The summed E-state index contributed by atoms with van der Waals surface area (Å²) >= 11 is 0. The van der Waals surface area contributed by atoms with Crippen LogP contribution < -0.4 is 5.32 Å². The van der Waals surface area contributed by atoms with Gasteiger partial charge >= 0.3 is 5.82 Å². The normalized spacial score (nSPS) is 18.0. The molecule has 1 saturated carbocycles. The predicted octanol–water partition coefficient (Wildman–Crippen LogP) is 1.75. The highest BCUT2D eigenvalue weighted by atomic mass is 16.6. The van der Waals surface area contributed by atoms with Crippen LogP contribution in [0.15, 0.2) is 12.1 Å². The summed E-state index contributed by atoms with van der Waals surface area (Å²) in [5.41, 5.74) is -0.637. The fourth-order valence-electron chi connectivity index (χ4n) is 2.81. The lowest BCUT2D eigenvalue weighted by Gasteiger charge is -2.26. The molecule has 0 unspecified atom stereocenters. The summed E-state index contributed by atoms with van der Waals surface area (Å²) in [4.78, 5) is 22.3. The van der Waals surface area contributed by atoms with Gasteiger partial charge in [-0.25, -0.2) is 4.57 Å². The quantitative estimate of drug-likeness (QED) is 0.502. The van der Waals surface area contributed by atoms with Gasteiger partial charge in [0.2, 0.25) is 0 Å². The van der Waals surface area contributed by atoms with Crippen LogP contribution in [-0.2, 0) is 7.05 Å². The summed E-state index contributed by atoms with van der Waals surface area (Å²) in [7, 11) is 1.48. The molecule has 1 amide bonds. The van der Waals surface area contributed by atoms with Crippen LogP contribution in [-0.4, -0.2) is 32.6 Å². The summed E-state index contributed by atoms with van der Waals surface area (Å²) < 4.78 is 1.24. The van der Waals surface area contributed by atoms with Crippen LogP contribution in [0.3, 0.4) is 0 Å². The third kappa shape index (κ3) is 3.60. The van der Waals surface area contributed by atoms with Gasteiger partial charge in [-0.05, 0) is 23.8 Å². The lowest BCUT2D eigenvalue weighted by atomic mass is 9.94. The lowest BCUT2D eigenvalue weighted by Crippen LogP contribution is -2.43. The van der Waals surface area contributed by atoms with Gasteiger partial charge < -0.3 is 20.5 Å². The number of aliphatic hydroxyl groups is 1. The molecule has 1 fully saturated rings. The number of aromatic nitrogens is 1. The van der Waals surface area contributed by atoms with Gasteiger partial charge in [0.25, 0.3) is 5.91 Å². The van der Waals surface area contributed by atoms with Crippen molar-refractivity contribution in [2.24, 2.45) is 7.05 Å². The van der Waals surface area contributed by atoms with Gasteiger partial charge in [0.05, 0.1) is 12.6 Å². The van der Waals surface area contributed by atoms with Crippen LogP contribution in [0, 0.1) is 10.1 Å². The Balaban J connectivity index is 2.00. The van der Waals surface area contributed by atoms with E-state index in [4.69, 9.17) is 0 Å². The van der Waals surface area contributed by atoms with E-state index >= 15 is 0 Å². The Hall–Kier alpha value is -1.89. The molecule has 1 heterocycles. The molecule has 1 aromatic rings. The third-order valence-electron chi connectivity index (χ3n) is 4.13. The van der Waals surface area contributed by atoms with E-state index in [1.807, 2.05) is 0 Å². The maximum Gasteiger partial charge on any atom is 0.323 e. The first-order chi connectivity index (χ1) is 9.93. The second kappa shape index (κ2) is 6.26. The molecule has 0 radical (unpaired) electrons. The Morgan fingerprint density at radius 1 is 1.38 bits per heavy atom. The maximum absolute atomic E-state index is 12.1. The van der Waals surface area contributed by atoms with Crippen molar-refractivity contribution in [2.75, 3.05) is 6.54 Å². The smallest absolute Gasteiger partial charge is 0.323 e. The topological polar surface area (TPSA) is 97.4 Å². The van der Waals surface area contributed by atoms with Crippen molar-refractivity contribution in [1.82, 2.24) is 9.88 Å². The SMILES string of the molecule is Cn1c(C(=O)NCC2(O)CCCCCC2)ccc1[N+](=O)[O-]. The summed E-state index contributed by atoms with van der Waals surface area (Å²) in [5.74, 6) is -0.531. The van der Waals surface area contributed by atoms with Crippen molar-refractivity contribution < 1.29 is 14.8 Å². The van der Waals surface area contributed by atoms with Gasteiger partial charge in [0.15, 0.2) is 5.69 Å². The minimum atomic E-state index is -0.858. The summed E-state index contributed by atoms with van der Waals surface area (Å²) in [6.07, 6.45) is 5.51. The maximum atomic E-state index is 12.1. The van der Waals surface area contributed by atoms with E-state index in [1.165, 1.54) is 23.7 Å². The number of hydrogen-bond donors (Lipinski definition) is 2. The van der Waals surface area contributed by atoms with Gasteiger partial charge in [-0.2, -0.15) is 0 Å². The molecule has 1 aliphatic rings. The average molecular weight is 295 g/mol. The van der Waals surface area contributed by atoms with Crippen LogP contribution in [0.4, 0.5) is 5.82 Å². The zero-order chi connectivity index (χ0) is 15.5. The van der Waals surface area contributed by atoms with E-state index in [2.05, 4.69) is 5.32 Å². The zero-order valence-electron chi connectivity index (χ0n) is 12.2. The highest BCUT2D eigenvalue weighted by Crippen LogP contribution is 2.26. The highest BCUT2D eigenvalue weighted by Gasteiger charge is 2.29. The molecule has 7 heteroatoms. The van der Waals surface area contributed by atoms with Gasteiger partial charge in [-0.1, -0.05) is 25.7 Å². The van der Waals surface area contributed by atoms with Crippen LogP contribution >= 0.6 is 0 Å². The van der Waals surface area contributed by atoms with Crippen molar-refractivity contribution in [3.63, 3.8) is 0 Å². The average Bonchev–Trinajstić information content (AvgIpc) is 2.68. The van der Waals surface area contributed by atoms with Crippen LogP contribution in [0.2, 0.25) is 0 Å². The molecule has 1 aromatic heterocycles. The van der Waals surface area contributed by atoms with Crippen molar-refractivity contribution in [2.45, 2.75) is 44.1 Å². The first kappa shape index (κ1) is 15.5. The van der Waals surface area contributed by atoms with E-state index in [-0.39, 0.29) is 18.1 Å². The first-order valence-corrected chi connectivity index (χ1v) is 7.24. The molecule has 116 valence electrons. The van der Waals surface area contributed by atoms with Crippen LogP contribution in [0.25, 0.3) is 0 Å². The molecule has 0 bridgehead atoms. The predicted molar refractivity (Wildman–Crippen MR) is 77.1 cm³/mol. The molecule has 1 aliphatic carbocycles. The van der Waals surface area contributed by atoms with E-state index in [9.17, 15) is 20.0 Å². The number of nitro groups is 1. The van der Waals surface area contributed by atoms with Gasteiger partial charge in [-0.15, -0.1) is 0 Å². The van der Waals surface area contributed by atoms with Crippen molar-refractivity contribution in [3.05, 3.63) is 27.9 Å². The van der Waals surface area contributed by atoms with Crippen LogP contribution in [0.5, 0.6) is 0 Å². The van der Waals surface area contributed by atoms with Crippen molar-refractivity contribution in [1.29, 1.82) is 0 Å². The number of rotatable bonds is 4. The van der Waals surface area contributed by atoms with E-state index in [1.54, 1.807) is 0 Å². The van der Waals surface area contributed by atoms with E-state index in [0.717, 1.165) is 25.7 Å². The molecule has 0 saturated heterocycles. The Morgan fingerprint density at radius 3 is 2.52 bits per heavy atom. The second-order valence-corrected chi connectivity index (χ2v) is 5.71. The molecule has 0 aliphatic heterocycles. The number of hydrogen-bond acceptors (Lipinski definition) is 4. The largest absolute Gasteiger partial charge is 0.388 e. The van der Waals surface area contributed by atoms with E-state index < -0.39 is 16.4 Å². The summed E-state index contributed by atoms with van der Waals surface area (Å²) in [6.45, 7) is 0.185. The van der Waals surface area contributed by atoms with Crippen LogP contribution in [0.1, 0.15) is 49.0 Å². The Bertz CT molecular complexity index is 530. The minimum Gasteiger partial charge on any atom is -0.388 e. The molecule has 2 N–H and O–H groups in total. The monoisotopic (exact) mass is 295 g/mol. The highest BCUT2D eigenvalue weighted by molar-refractivity contribution is 5.93. The molecule has 2 rings (SSSR count). The number of amides is 1. The molecule has 0 spiro atoms. The minimum absolute atomic E-state index is 0.131. The van der Waals surface area contributed by atoms with Gasteiger partial charge in [0, 0.05) is 12.6 Å². The Kier molecular flexibility index (Phi) is 4.62. The molecule has 0 atom stereocenters. The first-order valence-electron chi connectivity index (χ1n) is 7.24. The Morgan fingerprint density at radius 2 is 2.00 bits per heavy atom. The fraction of sp³-hybridized carbons (Fsp3) is 0.643. The summed E-state index contributed by atoms with van der Waals surface area (Å²) in [6, 6.07) is 2.72. The molecule has 7 nitrogen and oxygen atoms in total. The third-order valence-corrected chi connectivity index (χ3v) is 4.13. The van der Waals surface area contributed by atoms with Gasteiger partial charge in [-0.3, -0.25) is 4.79 Å². The molecular formula is C14H21N3O4. The molecule has 0 aromatic carbocycles. The standard InChI is InChI=1S/C14H21N3O4/c1-16-11(6-7-12(16)17(20)21)13(18)15-10-14(19)8-4-2-3-5-9-14/h6-7,19H,2-5,8-10H2,1H3,(H,15,18). The van der Waals surface area contributed by atoms with E-state index in [0.29, 0.717) is 12.8 Å². The van der Waals surface area contributed by atoms with Gasteiger partial charge in [0.1, 0.15) is 0 Å². The number of nitrogens with zero attached hydrogens (tertiary/aromatic N) is 2. The lowest BCUT2D eigenvalue weighted by molar-refractivity contribution is -0.391. The Labute approximate surface area is 123 Å². The second-order valence-electron chi connectivity index (χ2n) is 5.71. The molecular weight excluding hydrogens is 274 g/mol. The zero-order valence-corrected chi connectivity index (χ0v) is 12.2. The number of carbonyl (C=O) groups is 1.